The lowest BCUT2D eigenvalue weighted by Gasteiger charge is -2.28. The highest BCUT2D eigenvalue weighted by Gasteiger charge is 2.21. The molecule has 1 aliphatic carbocycles. The van der Waals surface area contributed by atoms with Gasteiger partial charge in [-0.05, 0) is 31.2 Å². The van der Waals surface area contributed by atoms with Gasteiger partial charge in [-0.25, -0.2) is 0 Å². The first-order chi connectivity index (χ1) is 9.25. The van der Waals surface area contributed by atoms with Crippen molar-refractivity contribution in [2.45, 2.75) is 52.2 Å². The number of nitrogens with one attached hydrogen (secondary N) is 1. The van der Waals surface area contributed by atoms with Gasteiger partial charge in [-0.2, -0.15) is 5.10 Å². The molecule has 2 rings (SSSR count). The van der Waals surface area contributed by atoms with Crippen LogP contribution in [0.5, 0.6) is 0 Å². The van der Waals surface area contributed by atoms with Gasteiger partial charge in [0.2, 0.25) is 0 Å². The van der Waals surface area contributed by atoms with Gasteiger partial charge in [-0.15, -0.1) is 0 Å². The van der Waals surface area contributed by atoms with Gasteiger partial charge in [0.05, 0.1) is 25.5 Å². The second-order valence-corrected chi connectivity index (χ2v) is 5.70. The lowest BCUT2D eigenvalue weighted by molar-refractivity contribution is -0.00314. The van der Waals surface area contributed by atoms with E-state index >= 15 is 0 Å². The van der Waals surface area contributed by atoms with Gasteiger partial charge in [0, 0.05) is 19.3 Å². The van der Waals surface area contributed by atoms with Gasteiger partial charge in [-0.1, -0.05) is 19.8 Å². The minimum absolute atomic E-state index is 0.490. The summed E-state index contributed by atoms with van der Waals surface area (Å²) in [6, 6.07) is 0. The molecule has 0 spiro atoms. The second kappa shape index (κ2) is 7.65. The summed E-state index contributed by atoms with van der Waals surface area (Å²) >= 11 is 0. The predicted molar refractivity (Wildman–Crippen MR) is 77.2 cm³/mol. The third kappa shape index (κ3) is 4.96. The summed E-state index contributed by atoms with van der Waals surface area (Å²) in [5.41, 5.74) is 1.22. The molecule has 2 atom stereocenters. The van der Waals surface area contributed by atoms with E-state index in [-0.39, 0.29) is 0 Å². The molecule has 108 valence electrons. The first-order valence-corrected chi connectivity index (χ1v) is 7.57. The monoisotopic (exact) mass is 265 g/mol. The maximum atomic E-state index is 5.97. The Morgan fingerprint density at radius 1 is 1.37 bits per heavy atom. The van der Waals surface area contributed by atoms with Crippen molar-refractivity contribution in [1.29, 1.82) is 0 Å². The number of aryl methyl sites for hydroxylation is 1. The van der Waals surface area contributed by atoms with E-state index in [0.717, 1.165) is 32.2 Å². The third-order valence-electron chi connectivity index (χ3n) is 3.92. The Hall–Kier alpha value is -0.870. The van der Waals surface area contributed by atoms with Crippen molar-refractivity contribution in [2.75, 3.05) is 19.7 Å². The summed E-state index contributed by atoms with van der Waals surface area (Å²) in [5, 5.41) is 7.67. The van der Waals surface area contributed by atoms with E-state index in [1.54, 1.807) is 0 Å². The van der Waals surface area contributed by atoms with Crippen molar-refractivity contribution in [3.63, 3.8) is 0 Å². The average molecular weight is 265 g/mol. The van der Waals surface area contributed by atoms with Crippen molar-refractivity contribution in [3.05, 3.63) is 18.0 Å². The normalized spacial score (nSPS) is 23.7. The van der Waals surface area contributed by atoms with Gasteiger partial charge in [0.25, 0.3) is 0 Å². The predicted octanol–water partition coefficient (Wildman–Crippen LogP) is 2.38. The van der Waals surface area contributed by atoms with E-state index < -0.39 is 0 Å². The minimum Gasteiger partial charge on any atom is -0.377 e. The molecule has 1 fully saturated rings. The van der Waals surface area contributed by atoms with Crippen LogP contribution >= 0.6 is 0 Å². The molecule has 0 saturated heterocycles. The zero-order valence-electron chi connectivity index (χ0n) is 12.3. The highest BCUT2D eigenvalue weighted by Crippen LogP contribution is 2.25. The Morgan fingerprint density at radius 2 is 2.21 bits per heavy atom. The van der Waals surface area contributed by atoms with Crippen LogP contribution in [-0.2, 0) is 11.3 Å². The summed E-state index contributed by atoms with van der Waals surface area (Å²) in [4.78, 5) is 0. The summed E-state index contributed by atoms with van der Waals surface area (Å²) < 4.78 is 7.95. The molecule has 0 amide bonds. The highest BCUT2D eigenvalue weighted by molar-refractivity contribution is 4.99. The molecule has 4 nitrogen and oxygen atoms in total. The standard InChI is InChI=1S/C15H27N3O/c1-13-11-17-18(12-13)9-7-16-8-10-19-15-6-4-3-5-14(15)2/h11-12,14-16H,3-10H2,1-2H3/t14-,15-/m1/s1. The van der Waals surface area contributed by atoms with Gasteiger partial charge in [-0.3, -0.25) is 4.68 Å². The molecule has 1 aromatic rings. The largest absolute Gasteiger partial charge is 0.377 e. The fourth-order valence-corrected chi connectivity index (χ4v) is 2.72. The molecule has 1 heterocycles. The van der Waals surface area contributed by atoms with Crippen LogP contribution in [0.15, 0.2) is 12.4 Å². The van der Waals surface area contributed by atoms with E-state index in [1.165, 1.54) is 31.2 Å². The lowest BCUT2D eigenvalue weighted by atomic mass is 9.88. The van der Waals surface area contributed by atoms with E-state index in [2.05, 4.69) is 30.5 Å². The van der Waals surface area contributed by atoms with Crippen LogP contribution in [0.25, 0.3) is 0 Å². The quantitative estimate of drug-likeness (QED) is 0.769. The van der Waals surface area contributed by atoms with Crippen molar-refractivity contribution >= 4 is 0 Å². The maximum absolute atomic E-state index is 5.97. The Kier molecular flexibility index (Phi) is 5.86. The first kappa shape index (κ1) is 14.5. The van der Waals surface area contributed by atoms with Crippen LogP contribution in [0.3, 0.4) is 0 Å². The molecule has 1 aliphatic rings. The minimum atomic E-state index is 0.490. The Labute approximate surface area is 116 Å². The number of ether oxygens (including phenoxy) is 1. The third-order valence-corrected chi connectivity index (χ3v) is 3.92. The summed E-state index contributed by atoms with van der Waals surface area (Å²) in [7, 11) is 0. The molecular formula is C15H27N3O. The van der Waals surface area contributed by atoms with Gasteiger partial charge >= 0.3 is 0 Å². The number of hydrogen-bond donors (Lipinski definition) is 1. The van der Waals surface area contributed by atoms with Crippen LogP contribution in [0.4, 0.5) is 0 Å². The Bertz CT molecular complexity index is 364. The molecule has 4 heteroatoms. The van der Waals surface area contributed by atoms with Crippen molar-refractivity contribution in [1.82, 2.24) is 15.1 Å². The number of nitrogens with zero attached hydrogens (tertiary/aromatic N) is 2. The molecule has 1 aromatic heterocycles. The molecule has 1 saturated carbocycles. The van der Waals surface area contributed by atoms with Crippen molar-refractivity contribution < 1.29 is 4.74 Å². The van der Waals surface area contributed by atoms with Crippen LogP contribution < -0.4 is 5.32 Å². The van der Waals surface area contributed by atoms with Gasteiger partial charge in [0.15, 0.2) is 0 Å². The molecular weight excluding hydrogens is 238 g/mol. The van der Waals surface area contributed by atoms with Crippen LogP contribution in [0.1, 0.15) is 38.2 Å². The van der Waals surface area contributed by atoms with Crippen LogP contribution in [0.2, 0.25) is 0 Å². The Balaban J connectivity index is 1.50. The summed E-state index contributed by atoms with van der Waals surface area (Å²) in [6.07, 6.45) is 9.74. The lowest BCUT2D eigenvalue weighted by Crippen LogP contribution is -2.30. The fraction of sp³-hybridized carbons (Fsp3) is 0.800. The molecule has 0 bridgehead atoms. The van der Waals surface area contributed by atoms with Gasteiger partial charge in [0.1, 0.15) is 0 Å². The van der Waals surface area contributed by atoms with Crippen LogP contribution in [0, 0.1) is 12.8 Å². The highest BCUT2D eigenvalue weighted by atomic mass is 16.5. The van der Waals surface area contributed by atoms with E-state index in [4.69, 9.17) is 4.74 Å². The SMILES string of the molecule is Cc1cnn(CCNCCO[C@@H]2CCCC[C@H]2C)c1. The van der Waals surface area contributed by atoms with E-state index in [1.807, 2.05) is 10.9 Å². The molecule has 0 aromatic carbocycles. The zero-order valence-corrected chi connectivity index (χ0v) is 12.3. The molecule has 19 heavy (non-hydrogen) atoms. The zero-order chi connectivity index (χ0) is 13.5. The second-order valence-electron chi connectivity index (χ2n) is 5.70. The van der Waals surface area contributed by atoms with E-state index in [0.29, 0.717) is 6.10 Å². The summed E-state index contributed by atoms with van der Waals surface area (Å²) in [5.74, 6) is 0.737. The van der Waals surface area contributed by atoms with Crippen molar-refractivity contribution in [3.8, 4) is 0 Å². The fourth-order valence-electron chi connectivity index (χ4n) is 2.72. The average Bonchev–Trinajstić information content (AvgIpc) is 2.81. The molecule has 0 aliphatic heterocycles. The first-order valence-electron chi connectivity index (χ1n) is 7.57. The molecule has 1 N–H and O–H groups in total. The molecule has 0 unspecified atom stereocenters. The molecule has 0 radical (unpaired) electrons. The Morgan fingerprint density at radius 3 is 2.95 bits per heavy atom. The topological polar surface area (TPSA) is 39.1 Å². The summed E-state index contributed by atoms with van der Waals surface area (Å²) in [6.45, 7) is 8.02. The number of hydrogen-bond acceptors (Lipinski definition) is 3. The van der Waals surface area contributed by atoms with Crippen LogP contribution in [-0.4, -0.2) is 35.6 Å². The maximum Gasteiger partial charge on any atom is 0.0601 e. The van der Waals surface area contributed by atoms with Crippen molar-refractivity contribution in [2.24, 2.45) is 5.92 Å². The number of aromatic nitrogens is 2. The van der Waals surface area contributed by atoms with Gasteiger partial charge < -0.3 is 10.1 Å². The number of rotatable bonds is 7. The smallest absolute Gasteiger partial charge is 0.0601 e. The van der Waals surface area contributed by atoms with E-state index in [9.17, 15) is 0 Å².